The van der Waals surface area contributed by atoms with Gasteiger partial charge in [-0.3, -0.25) is 9.59 Å². The fourth-order valence-electron chi connectivity index (χ4n) is 5.69. The van der Waals surface area contributed by atoms with Gasteiger partial charge in [0.05, 0.1) is 34.4 Å². The van der Waals surface area contributed by atoms with Gasteiger partial charge >= 0.3 is 17.9 Å². The van der Waals surface area contributed by atoms with Crippen molar-refractivity contribution in [2.75, 3.05) is 41.0 Å². The van der Waals surface area contributed by atoms with Crippen molar-refractivity contribution in [2.45, 2.75) is 174 Å². The van der Waals surface area contributed by atoms with Gasteiger partial charge in [0.15, 0.2) is 12.1 Å². The first-order valence-electron chi connectivity index (χ1n) is 20.0. The number of rotatable bonds is 35. The topological polar surface area (TPSA) is 99.1 Å². The minimum absolute atomic E-state index is 0.0533. The number of hydrogen-bond donors (Lipinski definition) is 1. The number of unbranched alkanes of at least 4 members (excludes halogenated alkanes) is 15. The lowest BCUT2D eigenvalue weighted by molar-refractivity contribution is -0.887. The summed E-state index contributed by atoms with van der Waals surface area (Å²) in [6.07, 6.45) is 36.1. The zero-order valence-electron chi connectivity index (χ0n) is 32.8. The van der Waals surface area contributed by atoms with Gasteiger partial charge in [0.25, 0.3) is 0 Å². The van der Waals surface area contributed by atoms with Crippen LogP contribution >= 0.6 is 0 Å². The first-order chi connectivity index (χ1) is 24.1. The van der Waals surface area contributed by atoms with E-state index in [1.54, 1.807) is 0 Å². The smallest absolute Gasteiger partial charge is 0.362 e. The Hall–Kier alpha value is -2.45. The van der Waals surface area contributed by atoms with Crippen molar-refractivity contribution in [3.8, 4) is 0 Å². The van der Waals surface area contributed by atoms with E-state index in [2.05, 4.69) is 50.3 Å². The average Bonchev–Trinajstić information content (AvgIpc) is 3.06. The summed E-state index contributed by atoms with van der Waals surface area (Å²) in [7, 11) is 5.51. The van der Waals surface area contributed by atoms with Gasteiger partial charge in [0.1, 0.15) is 6.61 Å². The molecule has 2 unspecified atom stereocenters. The third kappa shape index (κ3) is 31.5. The zero-order valence-corrected chi connectivity index (χ0v) is 32.8. The molecule has 0 rings (SSSR count). The molecule has 8 nitrogen and oxygen atoms in total. The number of nitrogens with zero attached hydrogens (tertiary/aromatic N) is 1. The number of allylic oxidation sites excluding steroid dienone is 6. The summed E-state index contributed by atoms with van der Waals surface area (Å²) in [6, 6.07) is -0.613. The molecule has 0 fully saturated rings. The molecule has 0 radical (unpaired) electrons. The van der Waals surface area contributed by atoms with Crippen molar-refractivity contribution in [1.29, 1.82) is 0 Å². The van der Waals surface area contributed by atoms with E-state index in [-0.39, 0.29) is 36.2 Å². The van der Waals surface area contributed by atoms with Crippen LogP contribution in [0.1, 0.15) is 162 Å². The molecular weight excluding hydrogens is 630 g/mol. The van der Waals surface area contributed by atoms with Crippen LogP contribution in [0.3, 0.4) is 0 Å². The van der Waals surface area contributed by atoms with Crippen molar-refractivity contribution in [1.82, 2.24) is 0 Å². The van der Waals surface area contributed by atoms with Gasteiger partial charge in [-0.1, -0.05) is 134 Å². The Morgan fingerprint density at radius 3 is 1.66 bits per heavy atom. The van der Waals surface area contributed by atoms with Gasteiger partial charge in [0, 0.05) is 19.3 Å². The number of quaternary nitrogens is 1. The third-order valence-electron chi connectivity index (χ3n) is 8.80. The van der Waals surface area contributed by atoms with Crippen LogP contribution in [-0.4, -0.2) is 80.6 Å². The largest absolute Gasteiger partial charge is 0.477 e. The van der Waals surface area contributed by atoms with Crippen molar-refractivity contribution >= 4 is 17.9 Å². The maximum Gasteiger partial charge on any atom is 0.362 e. The van der Waals surface area contributed by atoms with Gasteiger partial charge in [-0.15, -0.1) is 0 Å². The molecule has 0 aliphatic carbocycles. The summed E-state index contributed by atoms with van der Waals surface area (Å²) in [5.41, 5.74) is 0. The molecule has 0 saturated carbocycles. The molecule has 290 valence electrons. The van der Waals surface area contributed by atoms with E-state index in [4.69, 9.17) is 14.2 Å². The average molecular weight is 707 g/mol. The summed E-state index contributed by atoms with van der Waals surface area (Å²) in [5.74, 6) is -1.48. The van der Waals surface area contributed by atoms with Crippen LogP contribution in [0.5, 0.6) is 0 Å². The molecule has 8 heteroatoms. The third-order valence-corrected chi connectivity index (χ3v) is 8.80. The van der Waals surface area contributed by atoms with Crippen molar-refractivity contribution in [3.63, 3.8) is 0 Å². The Morgan fingerprint density at radius 2 is 1.12 bits per heavy atom. The molecule has 0 heterocycles. The van der Waals surface area contributed by atoms with Crippen LogP contribution in [0.15, 0.2) is 36.5 Å². The van der Waals surface area contributed by atoms with E-state index < -0.39 is 18.1 Å². The summed E-state index contributed by atoms with van der Waals surface area (Å²) < 4.78 is 17.2. The quantitative estimate of drug-likeness (QED) is 0.0303. The SMILES string of the molecule is CC/C=C\C/C=C\C/C=C\CCCCCCCCCC(=O)OC(COCCC(C(=O)O)[N+](C)(C)C)COC(=O)CCCCCCCCCCC. The van der Waals surface area contributed by atoms with Crippen LogP contribution in [0.25, 0.3) is 0 Å². The molecule has 0 spiro atoms. The van der Waals surface area contributed by atoms with Gasteiger partial charge in [0.2, 0.25) is 0 Å². The van der Waals surface area contributed by atoms with Crippen molar-refractivity contribution in [3.05, 3.63) is 36.5 Å². The maximum atomic E-state index is 12.7. The standard InChI is InChI=1S/C42H75NO7/c1-6-8-10-12-14-16-17-18-19-20-21-22-23-25-27-29-31-33-41(45)50-38(36-48-35-34-39(42(46)47)43(3,4)5)37-49-40(44)32-30-28-26-24-15-13-11-9-7-2/h8,10,14,16,18-19,38-39H,6-7,9,11-13,15,17,20-37H2,1-5H3/p+1/b10-8-,16-14-,19-18-. The lowest BCUT2D eigenvalue weighted by atomic mass is 10.1. The number of carboxylic acids is 1. The second kappa shape index (κ2) is 33.7. The highest BCUT2D eigenvalue weighted by Crippen LogP contribution is 2.14. The van der Waals surface area contributed by atoms with Crippen molar-refractivity contribution < 1.29 is 38.2 Å². The highest BCUT2D eigenvalue weighted by Gasteiger charge is 2.31. The monoisotopic (exact) mass is 707 g/mol. The van der Waals surface area contributed by atoms with Crippen LogP contribution in [0.2, 0.25) is 0 Å². The van der Waals surface area contributed by atoms with Gasteiger partial charge < -0.3 is 23.8 Å². The molecule has 0 amide bonds. The van der Waals surface area contributed by atoms with Gasteiger partial charge in [-0.25, -0.2) is 4.79 Å². The lowest BCUT2D eigenvalue weighted by Gasteiger charge is -2.31. The van der Waals surface area contributed by atoms with Crippen LogP contribution in [0.4, 0.5) is 0 Å². The molecule has 0 aliphatic heterocycles. The predicted molar refractivity (Wildman–Crippen MR) is 206 cm³/mol. The molecule has 0 aromatic heterocycles. The summed E-state index contributed by atoms with van der Waals surface area (Å²) >= 11 is 0. The number of ether oxygens (including phenoxy) is 3. The molecule has 0 aromatic carbocycles. The normalized spacial score (nSPS) is 13.4. The first-order valence-corrected chi connectivity index (χ1v) is 20.0. The highest BCUT2D eigenvalue weighted by molar-refractivity contribution is 5.72. The Kier molecular flexibility index (Phi) is 32.0. The Balaban J connectivity index is 4.37. The maximum absolute atomic E-state index is 12.7. The van der Waals surface area contributed by atoms with Gasteiger partial charge in [-0.2, -0.15) is 0 Å². The lowest BCUT2D eigenvalue weighted by Crippen LogP contribution is -2.50. The Morgan fingerprint density at radius 1 is 0.620 bits per heavy atom. The molecular formula is C42H76NO7+. The second-order valence-electron chi connectivity index (χ2n) is 14.5. The van der Waals surface area contributed by atoms with Gasteiger partial charge in [-0.05, 0) is 44.9 Å². The Labute approximate surface area is 306 Å². The number of hydrogen-bond acceptors (Lipinski definition) is 6. The van der Waals surface area contributed by atoms with Crippen LogP contribution < -0.4 is 0 Å². The number of likely N-dealkylation sites (N-methyl/N-ethyl adjacent to an activating group) is 1. The zero-order chi connectivity index (χ0) is 37.1. The highest BCUT2D eigenvalue weighted by atomic mass is 16.6. The number of aliphatic carboxylic acids is 1. The molecule has 0 saturated heterocycles. The van der Waals surface area contributed by atoms with E-state index in [9.17, 15) is 19.5 Å². The van der Waals surface area contributed by atoms with Crippen LogP contribution in [-0.2, 0) is 28.6 Å². The Bertz CT molecular complexity index is 922. The van der Waals surface area contributed by atoms with Crippen molar-refractivity contribution in [2.24, 2.45) is 0 Å². The minimum Gasteiger partial charge on any atom is -0.477 e. The number of carboxylic acid groups (broad SMARTS) is 1. The molecule has 2 atom stereocenters. The first kappa shape index (κ1) is 47.5. The minimum atomic E-state index is -0.878. The van der Waals surface area contributed by atoms with E-state index in [0.29, 0.717) is 19.3 Å². The van der Waals surface area contributed by atoms with E-state index in [1.807, 2.05) is 21.1 Å². The van der Waals surface area contributed by atoms with E-state index in [1.165, 1.54) is 64.2 Å². The predicted octanol–water partition coefficient (Wildman–Crippen LogP) is 10.3. The molecule has 1 N–H and O–H groups in total. The summed E-state index contributed by atoms with van der Waals surface area (Å²) in [4.78, 5) is 36.8. The number of carbonyl (C=O) groups excluding carboxylic acids is 2. The fourth-order valence-corrected chi connectivity index (χ4v) is 5.69. The summed E-state index contributed by atoms with van der Waals surface area (Å²) in [6.45, 7) is 4.59. The van der Waals surface area contributed by atoms with E-state index in [0.717, 1.165) is 64.2 Å². The van der Waals surface area contributed by atoms with E-state index >= 15 is 0 Å². The summed E-state index contributed by atoms with van der Waals surface area (Å²) in [5, 5.41) is 9.58. The molecule has 50 heavy (non-hydrogen) atoms. The second-order valence-corrected chi connectivity index (χ2v) is 14.5. The van der Waals surface area contributed by atoms with Crippen LogP contribution in [0, 0.1) is 0 Å². The molecule has 0 bridgehead atoms. The number of esters is 2. The molecule has 0 aromatic rings. The molecule has 0 aliphatic rings. The fraction of sp³-hybridized carbons (Fsp3) is 0.786. The number of carbonyl (C=O) groups is 3.